The number of carbonyl (C=O) groups is 1. The van der Waals surface area contributed by atoms with Gasteiger partial charge in [0.15, 0.2) is 11.5 Å². The molecule has 3 aromatic carbocycles. The molecule has 4 aromatic rings. The van der Waals surface area contributed by atoms with Gasteiger partial charge in [-0.2, -0.15) is 0 Å². The molecule has 35 heavy (non-hydrogen) atoms. The summed E-state index contributed by atoms with van der Waals surface area (Å²) in [6.07, 6.45) is -0.168. The number of amides is 1. The van der Waals surface area contributed by atoms with Crippen molar-refractivity contribution in [3.05, 3.63) is 93.8 Å². The van der Waals surface area contributed by atoms with Crippen LogP contribution in [-0.2, 0) is 11.3 Å². The summed E-state index contributed by atoms with van der Waals surface area (Å²) in [4.78, 5) is 25.9. The lowest BCUT2D eigenvalue weighted by Gasteiger charge is -2.19. The monoisotopic (exact) mass is 475 g/mol. The molecule has 0 unspecified atom stereocenters. The summed E-state index contributed by atoms with van der Waals surface area (Å²) in [5, 5.41) is 24.5. The third-order valence-electron chi connectivity index (χ3n) is 5.81. The van der Waals surface area contributed by atoms with Crippen molar-refractivity contribution in [2.45, 2.75) is 18.9 Å². The Bertz CT molecular complexity index is 1410. The average molecular weight is 475 g/mol. The van der Waals surface area contributed by atoms with E-state index in [1.165, 1.54) is 19.2 Å². The number of aromatic hydroxyl groups is 2. The zero-order chi connectivity index (χ0) is 24.9. The summed E-state index contributed by atoms with van der Waals surface area (Å²) in [7, 11) is 3.00. The zero-order valence-electron chi connectivity index (χ0n) is 19.3. The van der Waals surface area contributed by atoms with Crippen LogP contribution < -0.4 is 20.4 Å². The Hall–Kier alpha value is -4.46. The fourth-order valence-corrected chi connectivity index (χ4v) is 3.97. The van der Waals surface area contributed by atoms with E-state index in [1.54, 1.807) is 49.6 Å². The van der Waals surface area contributed by atoms with Crippen LogP contribution >= 0.6 is 0 Å². The van der Waals surface area contributed by atoms with E-state index in [0.717, 1.165) is 5.56 Å². The Morgan fingerprint density at radius 1 is 1.00 bits per heavy atom. The van der Waals surface area contributed by atoms with Crippen LogP contribution in [-0.4, -0.2) is 30.3 Å². The fourth-order valence-electron chi connectivity index (χ4n) is 3.97. The maximum Gasteiger partial charge on any atom is 0.343 e. The number of benzene rings is 3. The number of para-hydroxylation sites is 1. The van der Waals surface area contributed by atoms with Gasteiger partial charge in [0.05, 0.1) is 25.2 Å². The second-order valence-corrected chi connectivity index (χ2v) is 7.96. The van der Waals surface area contributed by atoms with Gasteiger partial charge >= 0.3 is 5.63 Å². The molecule has 8 heteroatoms. The minimum Gasteiger partial charge on any atom is -0.507 e. The van der Waals surface area contributed by atoms with Crippen molar-refractivity contribution in [3.63, 3.8) is 0 Å². The molecule has 0 aliphatic carbocycles. The SMILES string of the molecule is COc1ccc(CNC(=O)C[C@@H](c2ccc(OC)c(O)c2)c2c(O)c3ccccc3oc2=O)cc1. The summed E-state index contributed by atoms with van der Waals surface area (Å²) in [6.45, 7) is 0.266. The van der Waals surface area contributed by atoms with E-state index in [2.05, 4.69) is 5.32 Å². The lowest BCUT2D eigenvalue weighted by Crippen LogP contribution is -2.26. The number of phenols is 1. The second kappa shape index (κ2) is 10.2. The third-order valence-corrected chi connectivity index (χ3v) is 5.81. The van der Waals surface area contributed by atoms with Crippen LogP contribution in [0.25, 0.3) is 11.0 Å². The molecule has 0 aliphatic heterocycles. The van der Waals surface area contributed by atoms with Crippen LogP contribution in [0, 0.1) is 0 Å². The van der Waals surface area contributed by atoms with Gasteiger partial charge in [-0.1, -0.05) is 30.3 Å². The van der Waals surface area contributed by atoms with Crippen LogP contribution in [0.4, 0.5) is 0 Å². The van der Waals surface area contributed by atoms with E-state index in [4.69, 9.17) is 13.9 Å². The first kappa shape index (κ1) is 23.7. The maximum atomic E-state index is 13.0. The van der Waals surface area contributed by atoms with Crippen LogP contribution in [0.1, 0.15) is 29.0 Å². The zero-order valence-corrected chi connectivity index (χ0v) is 19.3. The Kier molecular flexibility index (Phi) is 6.91. The molecule has 1 atom stereocenters. The van der Waals surface area contributed by atoms with Crippen molar-refractivity contribution in [2.75, 3.05) is 14.2 Å². The number of fused-ring (bicyclic) bond motifs is 1. The first-order chi connectivity index (χ1) is 16.9. The smallest absolute Gasteiger partial charge is 0.343 e. The predicted molar refractivity (Wildman–Crippen MR) is 130 cm³/mol. The van der Waals surface area contributed by atoms with E-state index in [0.29, 0.717) is 16.7 Å². The summed E-state index contributed by atoms with van der Waals surface area (Å²) in [5.41, 5.74) is 0.725. The van der Waals surface area contributed by atoms with E-state index in [-0.39, 0.29) is 47.3 Å². The number of rotatable bonds is 8. The number of ether oxygens (including phenoxy) is 2. The van der Waals surface area contributed by atoms with Crippen molar-refractivity contribution in [3.8, 4) is 23.0 Å². The minimum atomic E-state index is -0.886. The van der Waals surface area contributed by atoms with Gasteiger partial charge in [0.25, 0.3) is 0 Å². The van der Waals surface area contributed by atoms with E-state index >= 15 is 0 Å². The van der Waals surface area contributed by atoms with Gasteiger partial charge in [0, 0.05) is 18.9 Å². The highest BCUT2D eigenvalue weighted by Gasteiger charge is 2.27. The Balaban J connectivity index is 1.68. The molecule has 0 bridgehead atoms. The molecule has 0 radical (unpaired) electrons. The summed E-state index contributed by atoms with van der Waals surface area (Å²) in [5.74, 6) is -0.709. The summed E-state index contributed by atoms with van der Waals surface area (Å²) in [6, 6.07) is 18.4. The second-order valence-electron chi connectivity index (χ2n) is 7.96. The summed E-state index contributed by atoms with van der Waals surface area (Å²) >= 11 is 0. The highest BCUT2D eigenvalue weighted by Crippen LogP contribution is 2.38. The Morgan fingerprint density at radius 2 is 1.74 bits per heavy atom. The molecule has 0 aliphatic rings. The number of carbonyl (C=O) groups excluding carboxylic acids is 1. The first-order valence-corrected chi connectivity index (χ1v) is 10.9. The number of methoxy groups -OCH3 is 2. The largest absolute Gasteiger partial charge is 0.507 e. The van der Waals surface area contributed by atoms with Gasteiger partial charge < -0.3 is 29.4 Å². The molecule has 1 aromatic heterocycles. The van der Waals surface area contributed by atoms with Gasteiger partial charge in [0.2, 0.25) is 5.91 Å². The lowest BCUT2D eigenvalue weighted by atomic mass is 9.87. The molecular formula is C27H25NO7. The molecule has 0 fully saturated rings. The maximum absolute atomic E-state index is 13.0. The van der Waals surface area contributed by atoms with E-state index < -0.39 is 11.5 Å². The molecule has 0 saturated carbocycles. The van der Waals surface area contributed by atoms with Crippen molar-refractivity contribution in [2.24, 2.45) is 0 Å². The molecule has 4 rings (SSSR count). The Morgan fingerprint density at radius 3 is 2.43 bits per heavy atom. The highest BCUT2D eigenvalue weighted by atomic mass is 16.5. The molecule has 3 N–H and O–H groups in total. The molecule has 180 valence electrons. The van der Waals surface area contributed by atoms with Crippen LogP contribution in [0.2, 0.25) is 0 Å². The van der Waals surface area contributed by atoms with Crippen molar-refractivity contribution in [1.82, 2.24) is 5.32 Å². The number of nitrogens with one attached hydrogen (secondary N) is 1. The van der Waals surface area contributed by atoms with E-state index in [1.807, 2.05) is 12.1 Å². The van der Waals surface area contributed by atoms with Gasteiger partial charge in [-0.25, -0.2) is 4.79 Å². The van der Waals surface area contributed by atoms with Gasteiger partial charge in [-0.15, -0.1) is 0 Å². The van der Waals surface area contributed by atoms with Crippen molar-refractivity contribution < 1.29 is 28.9 Å². The van der Waals surface area contributed by atoms with Gasteiger partial charge in [-0.3, -0.25) is 4.79 Å². The average Bonchev–Trinajstić information content (AvgIpc) is 2.87. The Labute approximate surface area is 201 Å². The fraction of sp³-hybridized carbons (Fsp3) is 0.185. The van der Waals surface area contributed by atoms with Gasteiger partial charge in [0.1, 0.15) is 17.1 Å². The lowest BCUT2D eigenvalue weighted by molar-refractivity contribution is -0.121. The normalized spacial score (nSPS) is 11.7. The summed E-state index contributed by atoms with van der Waals surface area (Å²) < 4.78 is 15.7. The van der Waals surface area contributed by atoms with Crippen molar-refractivity contribution >= 4 is 16.9 Å². The minimum absolute atomic E-state index is 0.0622. The molecular weight excluding hydrogens is 450 g/mol. The molecule has 0 spiro atoms. The van der Waals surface area contributed by atoms with E-state index in [9.17, 15) is 19.8 Å². The number of hydrogen-bond acceptors (Lipinski definition) is 7. The van der Waals surface area contributed by atoms with Crippen LogP contribution in [0.5, 0.6) is 23.0 Å². The van der Waals surface area contributed by atoms with Crippen LogP contribution in [0.3, 0.4) is 0 Å². The number of phenolic OH excluding ortho intramolecular Hbond substituents is 1. The van der Waals surface area contributed by atoms with Crippen LogP contribution in [0.15, 0.2) is 75.9 Å². The topological polar surface area (TPSA) is 118 Å². The third kappa shape index (κ3) is 5.06. The molecule has 0 saturated heterocycles. The first-order valence-electron chi connectivity index (χ1n) is 10.9. The molecule has 1 heterocycles. The number of hydrogen-bond donors (Lipinski definition) is 3. The highest BCUT2D eigenvalue weighted by molar-refractivity contribution is 5.85. The molecule has 8 nitrogen and oxygen atoms in total. The van der Waals surface area contributed by atoms with Crippen molar-refractivity contribution in [1.29, 1.82) is 0 Å². The predicted octanol–water partition coefficient (Wildman–Crippen LogP) is 4.06. The standard InChI is InChI=1S/C27H25NO7/c1-33-18-10-7-16(8-11-18)15-28-24(30)14-20(17-9-12-23(34-2)21(29)13-17)25-26(31)19-5-3-4-6-22(19)35-27(25)32/h3-13,20,29,31H,14-15H2,1-2H3,(H,28,30)/t20-/m0/s1. The molecule has 1 amide bonds. The van der Waals surface area contributed by atoms with Gasteiger partial charge in [-0.05, 0) is 47.5 Å². The quantitative estimate of drug-likeness (QED) is 0.329.